The zero-order valence-corrected chi connectivity index (χ0v) is 13.0. The lowest BCUT2D eigenvalue weighted by Crippen LogP contribution is -2.49. The molecule has 1 aromatic rings. The van der Waals surface area contributed by atoms with Crippen molar-refractivity contribution in [1.82, 2.24) is 9.80 Å². The molecule has 1 aliphatic heterocycles. The fourth-order valence-electron chi connectivity index (χ4n) is 2.39. The number of nitrogens with two attached hydrogens (primary N) is 1. The summed E-state index contributed by atoms with van der Waals surface area (Å²) in [6.07, 6.45) is 0. The normalized spacial score (nSPS) is 15.4. The van der Waals surface area contributed by atoms with Crippen molar-refractivity contribution >= 4 is 24.0 Å². The summed E-state index contributed by atoms with van der Waals surface area (Å²) in [6, 6.07) is 4.47. The fourth-order valence-corrected chi connectivity index (χ4v) is 2.39. The number of halogens is 1. The molecule has 116 valence electrons. The molecule has 1 aliphatic rings. The van der Waals surface area contributed by atoms with Crippen LogP contribution in [-0.4, -0.2) is 53.5 Å². The lowest BCUT2D eigenvalue weighted by molar-refractivity contribution is 0.0648. The smallest absolute Gasteiger partial charge is 0.256 e. The highest BCUT2D eigenvalue weighted by Gasteiger charge is 2.23. The highest BCUT2D eigenvalue weighted by atomic mass is 35.5. The van der Waals surface area contributed by atoms with E-state index in [2.05, 4.69) is 11.5 Å². The summed E-state index contributed by atoms with van der Waals surface area (Å²) in [5.41, 5.74) is 7.71. The van der Waals surface area contributed by atoms with Crippen molar-refractivity contribution in [1.29, 1.82) is 0 Å². The largest absolute Gasteiger partial charge is 0.508 e. The molecule has 1 saturated heterocycles. The van der Waals surface area contributed by atoms with Gasteiger partial charge in [0.2, 0.25) is 0 Å². The number of amides is 1. The van der Waals surface area contributed by atoms with Crippen molar-refractivity contribution in [3.05, 3.63) is 35.9 Å². The number of anilines is 1. The van der Waals surface area contributed by atoms with Crippen LogP contribution >= 0.6 is 12.4 Å². The van der Waals surface area contributed by atoms with Crippen LogP contribution in [0.25, 0.3) is 0 Å². The highest BCUT2D eigenvalue weighted by molar-refractivity contribution is 5.99. The first-order valence-corrected chi connectivity index (χ1v) is 6.72. The molecule has 1 heterocycles. The van der Waals surface area contributed by atoms with Crippen LogP contribution in [-0.2, 0) is 0 Å². The van der Waals surface area contributed by atoms with Gasteiger partial charge in [0, 0.05) is 38.4 Å². The number of phenols is 1. The Labute approximate surface area is 131 Å². The maximum Gasteiger partial charge on any atom is 0.256 e. The van der Waals surface area contributed by atoms with Gasteiger partial charge in [-0.05, 0) is 25.1 Å². The Bertz CT molecular complexity index is 526. The van der Waals surface area contributed by atoms with Crippen molar-refractivity contribution in [2.45, 2.75) is 6.92 Å². The van der Waals surface area contributed by atoms with Gasteiger partial charge in [-0.3, -0.25) is 9.69 Å². The zero-order valence-electron chi connectivity index (χ0n) is 12.2. The predicted octanol–water partition coefficient (Wildman–Crippen LogP) is 1.73. The number of hydrogen-bond donors (Lipinski definition) is 2. The lowest BCUT2D eigenvalue weighted by atomic mass is 10.1. The number of hydrogen-bond acceptors (Lipinski definition) is 4. The molecule has 0 atom stereocenters. The number of nitrogens with zero attached hydrogens (tertiary/aromatic N) is 2. The topological polar surface area (TPSA) is 69.8 Å². The van der Waals surface area contributed by atoms with E-state index in [1.165, 1.54) is 12.1 Å². The maximum absolute atomic E-state index is 12.4. The molecule has 21 heavy (non-hydrogen) atoms. The van der Waals surface area contributed by atoms with Crippen molar-refractivity contribution in [2.75, 3.05) is 38.5 Å². The average molecular weight is 312 g/mol. The Balaban J connectivity index is 0.00000220. The van der Waals surface area contributed by atoms with Crippen molar-refractivity contribution in [3.8, 4) is 5.75 Å². The first kappa shape index (κ1) is 17.3. The molecule has 0 saturated carbocycles. The van der Waals surface area contributed by atoms with Crippen LogP contribution in [0.3, 0.4) is 0 Å². The molecule has 0 spiro atoms. The van der Waals surface area contributed by atoms with Gasteiger partial charge in [-0.25, -0.2) is 0 Å². The van der Waals surface area contributed by atoms with Gasteiger partial charge in [0.1, 0.15) is 5.75 Å². The number of phenolic OH excluding ortho intramolecular Hbond substituents is 1. The minimum absolute atomic E-state index is 0. The molecule has 1 aromatic carbocycles. The first-order chi connectivity index (χ1) is 9.47. The number of piperazine rings is 1. The van der Waals surface area contributed by atoms with Gasteiger partial charge in [-0.1, -0.05) is 12.2 Å². The quantitative estimate of drug-likeness (QED) is 0.507. The standard InChI is InChI=1S/C15H21N3O2.ClH/c1-11(2)10-17-5-7-18(8-6-17)15(20)13-9-12(19)3-4-14(13)16;/h3-4,9,19H,1,5-8,10,16H2,2H3;1H. The molecule has 5 nitrogen and oxygen atoms in total. The van der Waals surface area contributed by atoms with Crippen LogP contribution in [0.15, 0.2) is 30.4 Å². The molecule has 0 bridgehead atoms. The summed E-state index contributed by atoms with van der Waals surface area (Å²) < 4.78 is 0. The number of carbonyl (C=O) groups excluding carboxylic acids is 1. The van der Waals surface area contributed by atoms with Crippen LogP contribution in [0, 0.1) is 0 Å². The third-order valence-corrected chi connectivity index (χ3v) is 3.42. The van der Waals surface area contributed by atoms with Gasteiger partial charge in [0.05, 0.1) is 5.56 Å². The van der Waals surface area contributed by atoms with E-state index in [1.54, 1.807) is 11.0 Å². The predicted molar refractivity (Wildman–Crippen MR) is 86.9 cm³/mol. The summed E-state index contributed by atoms with van der Waals surface area (Å²) in [4.78, 5) is 16.5. The maximum atomic E-state index is 12.4. The highest BCUT2D eigenvalue weighted by Crippen LogP contribution is 2.20. The Morgan fingerprint density at radius 2 is 1.95 bits per heavy atom. The summed E-state index contributed by atoms with van der Waals surface area (Å²) in [5, 5.41) is 9.48. The van der Waals surface area contributed by atoms with E-state index in [9.17, 15) is 9.90 Å². The van der Waals surface area contributed by atoms with E-state index >= 15 is 0 Å². The zero-order chi connectivity index (χ0) is 14.7. The summed E-state index contributed by atoms with van der Waals surface area (Å²) in [7, 11) is 0. The molecule has 6 heteroatoms. The number of aromatic hydroxyl groups is 1. The van der Waals surface area contributed by atoms with E-state index in [-0.39, 0.29) is 24.1 Å². The number of benzene rings is 1. The Morgan fingerprint density at radius 1 is 1.33 bits per heavy atom. The lowest BCUT2D eigenvalue weighted by Gasteiger charge is -2.35. The Kier molecular flexibility index (Phi) is 6.05. The van der Waals surface area contributed by atoms with Gasteiger partial charge >= 0.3 is 0 Å². The van der Waals surface area contributed by atoms with Crippen molar-refractivity contribution in [2.24, 2.45) is 0 Å². The molecule has 0 unspecified atom stereocenters. The molecule has 0 aromatic heterocycles. The molecule has 1 amide bonds. The molecule has 0 aliphatic carbocycles. The van der Waals surface area contributed by atoms with Crippen LogP contribution in [0.2, 0.25) is 0 Å². The SMILES string of the molecule is C=C(C)CN1CCN(C(=O)c2cc(O)ccc2N)CC1.Cl. The van der Waals surface area contributed by atoms with E-state index in [0.29, 0.717) is 24.3 Å². The van der Waals surface area contributed by atoms with Crippen LogP contribution < -0.4 is 5.73 Å². The number of nitrogen functional groups attached to an aromatic ring is 1. The van der Waals surface area contributed by atoms with E-state index < -0.39 is 0 Å². The molecule has 2 rings (SSSR count). The van der Waals surface area contributed by atoms with Gasteiger partial charge in [-0.2, -0.15) is 0 Å². The van der Waals surface area contributed by atoms with Crippen molar-refractivity contribution < 1.29 is 9.90 Å². The van der Waals surface area contributed by atoms with Crippen LogP contribution in [0.5, 0.6) is 5.75 Å². The minimum Gasteiger partial charge on any atom is -0.508 e. The van der Waals surface area contributed by atoms with E-state index in [1.807, 2.05) is 6.92 Å². The summed E-state index contributed by atoms with van der Waals surface area (Å²) in [5.74, 6) is -0.0585. The van der Waals surface area contributed by atoms with Gasteiger partial charge < -0.3 is 15.7 Å². The second-order valence-corrected chi connectivity index (χ2v) is 5.30. The average Bonchev–Trinajstić information content (AvgIpc) is 2.41. The first-order valence-electron chi connectivity index (χ1n) is 6.72. The second kappa shape index (κ2) is 7.33. The monoisotopic (exact) mass is 311 g/mol. The fraction of sp³-hybridized carbons (Fsp3) is 0.400. The number of carbonyl (C=O) groups is 1. The summed E-state index contributed by atoms with van der Waals surface area (Å²) in [6.45, 7) is 9.78. The third-order valence-electron chi connectivity index (χ3n) is 3.42. The molecule has 0 radical (unpaired) electrons. The Hall–Kier alpha value is -1.72. The molecular weight excluding hydrogens is 290 g/mol. The van der Waals surface area contributed by atoms with Crippen molar-refractivity contribution in [3.63, 3.8) is 0 Å². The van der Waals surface area contributed by atoms with E-state index in [4.69, 9.17) is 5.73 Å². The van der Waals surface area contributed by atoms with E-state index in [0.717, 1.165) is 25.2 Å². The number of rotatable bonds is 3. The molecular formula is C15H22ClN3O2. The van der Waals surface area contributed by atoms with Crippen LogP contribution in [0.1, 0.15) is 17.3 Å². The molecule has 3 N–H and O–H groups in total. The second-order valence-electron chi connectivity index (χ2n) is 5.30. The summed E-state index contributed by atoms with van der Waals surface area (Å²) >= 11 is 0. The van der Waals surface area contributed by atoms with Gasteiger partial charge in [-0.15, -0.1) is 12.4 Å². The van der Waals surface area contributed by atoms with Crippen LogP contribution in [0.4, 0.5) is 5.69 Å². The van der Waals surface area contributed by atoms with Gasteiger partial charge in [0.15, 0.2) is 0 Å². The Morgan fingerprint density at radius 3 is 2.52 bits per heavy atom. The third kappa shape index (κ3) is 4.37. The van der Waals surface area contributed by atoms with Gasteiger partial charge in [0.25, 0.3) is 5.91 Å². The molecule has 1 fully saturated rings. The minimum atomic E-state index is -0.117.